The standard InChI is InChI=1S/C10H20Si/c1-8(10(2,3)11)9-6-4-5-7-9/h9H,1,4-7H2,2-3,11H3. The van der Waals surface area contributed by atoms with E-state index < -0.39 is 0 Å². The highest BCUT2D eigenvalue weighted by Gasteiger charge is 2.25. The molecule has 0 heterocycles. The van der Waals surface area contributed by atoms with Crippen LogP contribution in [0.4, 0.5) is 0 Å². The van der Waals surface area contributed by atoms with E-state index in [-0.39, 0.29) is 0 Å². The molecule has 1 aliphatic carbocycles. The lowest BCUT2D eigenvalue weighted by Crippen LogP contribution is -2.12. The molecular formula is C10H20Si. The third-order valence-corrected chi connectivity index (χ3v) is 3.45. The van der Waals surface area contributed by atoms with Crippen molar-refractivity contribution in [2.24, 2.45) is 5.92 Å². The Bertz CT molecular complexity index is 147. The van der Waals surface area contributed by atoms with Crippen molar-refractivity contribution in [3.8, 4) is 0 Å². The fourth-order valence-electron chi connectivity index (χ4n) is 1.89. The monoisotopic (exact) mass is 168 g/mol. The molecule has 0 amide bonds. The van der Waals surface area contributed by atoms with Crippen molar-refractivity contribution >= 4 is 10.2 Å². The summed E-state index contributed by atoms with van der Waals surface area (Å²) in [5.41, 5.74) is 1.53. The maximum atomic E-state index is 4.24. The van der Waals surface area contributed by atoms with Crippen LogP contribution in [0, 0.1) is 5.92 Å². The summed E-state index contributed by atoms with van der Waals surface area (Å²) < 4.78 is 0. The first-order chi connectivity index (χ1) is 5.02. The van der Waals surface area contributed by atoms with Crippen molar-refractivity contribution in [2.75, 3.05) is 0 Å². The molecule has 0 aromatic heterocycles. The summed E-state index contributed by atoms with van der Waals surface area (Å²) in [4.78, 5) is 0. The zero-order chi connectivity index (χ0) is 8.48. The van der Waals surface area contributed by atoms with E-state index in [4.69, 9.17) is 0 Å². The summed E-state index contributed by atoms with van der Waals surface area (Å²) in [5.74, 6) is 0.863. The molecule has 0 radical (unpaired) electrons. The summed E-state index contributed by atoms with van der Waals surface area (Å²) in [6.45, 7) is 8.91. The van der Waals surface area contributed by atoms with Crippen molar-refractivity contribution in [1.29, 1.82) is 0 Å². The molecule has 0 atom stereocenters. The lowest BCUT2D eigenvalue weighted by molar-refractivity contribution is 0.572. The van der Waals surface area contributed by atoms with Gasteiger partial charge in [0.15, 0.2) is 0 Å². The Kier molecular flexibility index (Phi) is 2.58. The first kappa shape index (κ1) is 9.05. The lowest BCUT2D eigenvalue weighted by Gasteiger charge is -2.26. The first-order valence-electron chi connectivity index (χ1n) is 4.71. The van der Waals surface area contributed by atoms with Crippen molar-refractivity contribution in [2.45, 2.75) is 44.6 Å². The van der Waals surface area contributed by atoms with E-state index in [1.54, 1.807) is 0 Å². The van der Waals surface area contributed by atoms with Crippen LogP contribution in [0.25, 0.3) is 0 Å². The first-order valence-corrected chi connectivity index (χ1v) is 5.71. The molecular weight excluding hydrogens is 148 g/mol. The Morgan fingerprint density at radius 1 is 1.36 bits per heavy atom. The van der Waals surface area contributed by atoms with Gasteiger partial charge in [-0.15, -0.1) is 0 Å². The van der Waals surface area contributed by atoms with Gasteiger partial charge in [0.2, 0.25) is 0 Å². The highest BCUT2D eigenvalue weighted by Crippen LogP contribution is 2.41. The molecule has 1 heteroatoms. The van der Waals surface area contributed by atoms with Gasteiger partial charge >= 0.3 is 0 Å². The second-order valence-electron chi connectivity index (χ2n) is 4.76. The zero-order valence-corrected chi connectivity index (χ0v) is 10.1. The average Bonchev–Trinajstić information content (AvgIpc) is 2.34. The normalized spacial score (nSPS) is 20.9. The number of hydrogen-bond acceptors (Lipinski definition) is 0. The highest BCUT2D eigenvalue weighted by molar-refractivity contribution is 6.16. The van der Waals surface area contributed by atoms with E-state index in [0.717, 1.165) is 5.92 Å². The van der Waals surface area contributed by atoms with Crippen molar-refractivity contribution in [1.82, 2.24) is 0 Å². The Morgan fingerprint density at radius 3 is 2.18 bits per heavy atom. The molecule has 0 aromatic carbocycles. The average molecular weight is 168 g/mol. The molecule has 0 N–H and O–H groups in total. The van der Waals surface area contributed by atoms with Gasteiger partial charge in [0.1, 0.15) is 0 Å². The lowest BCUT2D eigenvalue weighted by atomic mass is 9.89. The van der Waals surface area contributed by atoms with Gasteiger partial charge in [-0.05, 0) is 23.8 Å². The van der Waals surface area contributed by atoms with Crippen LogP contribution in [-0.2, 0) is 0 Å². The summed E-state index contributed by atoms with van der Waals surface area (Å²) in [6, 6.07) is 0. The van der Waals surface area contributed by atoms with E-state index in [1.807, 2.05) is 0 Å². The molecule has 0 bridgehead atoms. The van der Waals surface area contributed by atoms with Gasteiger partial charge in [0, 0.05) is 10.2 Å². The van der Waals surface area contributed by atoms with Gasteiger partial charge in [-0.3, -0.25) is 0 Å². The molecule has 11 heavy (non-hydrogen) atoms. The van der Waals surface area contributed by atoms with Crippen LogP contribution < -0.4 is 0 Å². The minimum absolute atomic E-state index is 0.467. The van der Waals surface area contributed by atoms with Crippen LogP contribution in [0.3, 0.4) is 0 Å². The summed E-state index contributed by atoms with van der Waals surface area (Å²) in [5, 5.41) is 0.467. The van der Waals surface area contributed by atoms with E-state index in [0.29, 0.717) is 5.04 Å². The second kappa shape index (κ2) is 3.14. The fourth-order valence-corrected chi connectivity index (χ4v) is 2.29. The summed E-state index contributed by atoms with van der Waals surface area (Å²) in [6.07, 6.45) is 5.68. The Labute approximate surface area is 73.5 Å². The van der Waals surface area contributed by atoms with Crippen LogP contribution in [0.2, 0.25) is 5.04 Å². The van der Waals surface area contributed by atoms with Crippen LogP contribution in [0.15, 0.2) is 12.2 Å². The predicted octanol–water partition coefficient (Wildman–Crippen LogP) is 2.30. The third kappa shape index (κ3) is 2.19. The van der Waals surface area contributed by atoms with Crippen LogP contribution in [0.5, 0.6) is 0 Å². The maximum Gasteiger partial charge on any atom is 0.0151 e. The van der Waals surface area contributed by atoms with Gasteiger partial charge in [0.05, 0.1) is 0 Å². The second-order valence-corrected chi connectivity index (χ2v) is 7.26. The summed E-state index contributed by atoms with van der Waals surface area (Å²) >= 11 is 0. The number of allylic oxidation sites excluding steroid dienone is 1. The van der Waals surface area contributed by atoms with E-state index in [1.165, 1.54) is 41.5 Å². The zero-order valence-electron chi connectivity index (χ0n) is 8.11. The molecule has 1 saturated carbocycles. The molecule has 0 aliphatic heterocycles. The molecule has 1 rings (SSSR count). The minimum atomic E-state index is 0.467. The summed E-state index contributed by atoms with van der Waals surface area (Å²) in [7, 11) is 1.25. The number of rotatable bonds is 2. The quantitative estimate of drug-likeness (QED) is 0.438. The molecule has 0 saturated heterocycles. The Morgan fingerprint density at radius 2 is 1.82 bits per heavy atom. The Hall–Kier alpha value is -0.0431. The van der Waals surface area contributed by atoms with Crippen LogP contribution >= 0.6 is 0 Å². The molecule has 0 aromatic rings. The smallest absolute Gasteiger partial charge is 0.0151 e. The molecule has 1 aliphatic rings. The SMILES string of the molecule is C=C(C1CCCC1)C(C)(C)[SiH3]. The van der Waals surface area contributed by atoms with Gasteiger partial charge in [-0.25, -0.2) is 0 Å². The highest BCUT2D eigenvalue weighted by atomic mass is 28.1. The molecule has 64 valence electrons. The largest absolute Gasteiger partial charge is 0.0994 e. The molecule has 0 spiro atoms. The minimum Gasteiger partial charge on any atom is -0.0994 e. The predicted molar refractivity (Wildman–Crippen MR) is 55.1 cm³/mol. The van der Waals surface area contributed by atoms with E-state index in [2.05, 4.69) is 20.4 Å². The van der Waals surface area contributed by atoms with E-state index in [9.17, 15) is 0 Å². The topological polar surface area (TPSA) is 0 Å². The maximum absolute atomic E-state index is 4.24. The molecule has 0 nitrogen and oxygen atoms in total. The third-order valence-electron chi connectivity index (χ3n) is 2.81. The van der Waals surface area contributed by atoms with Crippen molar-refractivity contribution < 1.29 is 0 Å². The van der Waals surface area contributed by atoms with E-state index >= 15 is 0 Å². The van der Waals surface area contributed by atoms with Crippen LogP contribution in [0.1, 0.15) is 39.5 Å². The van der Waals surface area contributed by atoms with Gasteiger partial charge < -0.3 is 0 Å². The molecule has 1 fully saturated rings. The van der Waals surface area contributed by atoms with Crippen molar-refractivity contribution in [3.63, 3.8) is 0 Å². The fraction of sp³-hybridized carbons (Fsp3) is 0.800. The van der Waals surface area contributed by atoms with Gasteiger partial charge in [-0.2, -0.15) is 0 Å². The molecule has 0 unspecified atom stereocenters. The Balaban J connectivity index is 2.53. The van der Waals surface area contributed by atoms with Gasteiger partial charge in [0.25, 0.3) is 0 Å². The number of hydrogen-bond donors (Lipinski definition) is 0. The van der Waals surface area contributed by atoms with Crippen LogP contribution in [-0.4, -0.2) is 10.2 Å². The van der Waals surface area contributed by atoms with Crippen molar-refractivity contribution in [3.05, 3.63) is 12.2 Å². The van der Waals surface area contributed by atoms with Gasteiger partial charge in [-0.1, -0.05) is 38.8 Å².